The predicted octanol–water partition coefficient (Wildman–Crippen LogP) is 6.92. The van der Waals surface area contributed by atoms with Crippen LogP contribution >= 0.6 is 46.5 Å². The zero-order chi connectivity index (χ0) is 24.9. The molecule has 2 aromatic heterocycles. The molecule has 0 radical (unpaired) electrons. The van der Waals surface area contributed by atoms with E-state index in [4.69, 9.17) is 16.6 Å². The zero-order valence-electron chi connectivity index (χ0n) is 19.3. The number of hydrogen-bond acceptors (Lipinski definition) is 7. The molecule has 0 aliphatic rings. The molecule has 0 saturated carbocycles. The lowest BCUT2D eigenvalue weighted by Gasteiger charge is -2.11. The van der Waals surface area contributed by atoms with Crippen molar-refractivity contribution in [1.29, 1.82) is 0 Å². The molecular formula is C26H22ClN5OS3. The minimum atomic E-state index is -0.120. The van der Waals surface area contributed by atoms with Crippen LogP contribution in [-0.2, 0) is 17.1 Å². The van der Waals surface area contributed by atoms with Crippen LogP contribution in [0.25, 0.3) is 10.2 Å². The van der Waals surface area contributed by atoms with Gasteiger partial charge in [0.15, 0.2) is 9.50 Å². The largest absolute Gasteiger partial charge is 0.325 e. The summed E-state index contributed by atoms with van der Waals surface area (Å²) >= 11 is 10.9. The van der Waals surface area contributed by atoms with E-state index in [0.29, 0.717) is 28.2 Å². The van der Waals surface area contributed by atoms with Crippen LogP contribution in [0.3, 0.4) is 0 Å². The van der Waals surface area contributed by atoms with Crippen LogP contribution in [0.1, 0.15) is 17.0 Å². The minimum absolute atomic E-state index is 0.120. The third-order valence-corrected chi connectivity index (χ3v) is 9.00. The SMILES string of the molecule is Cc1c(Cl)cccc1NC(=O)CSc1nnc(CSc2nc3ccccc3s2)n1Cc1ccccc1. The van der Waals surface area contributed by atoms with Crippen LogP contribution in [0.4, 0.5) is 5.69 Å². The van der Waals surface area contributed by atoms with Gasteiger partial charge in [-0.25, -0.2) is 4.98 Å². The van der Waals surface area contributed by atoms with Gasteiger partial charge in [-0.3, -0.25) is 4.79 Å². The molecule has 0 fully saturated rings. The van der Waals surface area contributed by atoms with E-state index >= 15 is 0 Å². The summed E-state index contributed by atoms with van der Waals surface area (Å²) in [6, 6.07) is 23.8. The lowest BCUT2D eigenvalue weighted by atomic mass is 10.2. The molecule has 0 unspecified atom stereocenters. The molecule has 1 amide bonds. The third-order valence-electron chi connectivity index (χ3n) is 5.45. The van der Waals surface area contributed by atoms with Crippen molar-refractivity contribution in [3.8, 4) is 0 Å². The second kappa shape index (κ2) is 11.5. The summed E-state index contributed by atoms with van der Waals surface area (Å²) in [6.45, 7) is 2.51. The lowest BCUT2D eigenvalue weighted by molar-refractivity contribution is -0.113. The van der Waals surface area contributed by atoms with Gasteiger partial charge in [0.25, 0.3) is 0 Å². The Hall–Kier alpha value is -2.85. The summed E-state index contributed by atoms with van der Waals surface area (Å²) in [7, 11) is 0. The summed E-state index contributed by atoms with van der Waals surface area (Å²) in [5.74, 6) is 1.57. The Morgan fingerprint density at radius 3 is 2.64 bits per heavy atom. The highest BCUT2D eigenvalue weighted by molar-refractivity contribution is 8.00. The van der Waals surface area contributed by atoms with E-state index in [1.165, 1.54) is 16.5 Å². The summed E-state index contributed by atoms with van der Waals surface area (Å²) in [5.41, 5.74) is 3.71. The number of benzene rings is 3. The Morgan fingerprint density at radius 2 is 1.81 bits per heavy atom. The number of nitrogens with zero attached hydrogens (tertiary/aromatic N) is 4. The maximum absolute atomic E-state index is 12.7. The first kappa shape index (κ1) is 24.8. The number of hydrogen-bond donors (Lipinski definition) is 1. The number of fused-ring (bicyclic) bond motifs is 1. The van der Waals surface area contributed by atoms with Crippen molar-refractivity contribution < 1.29 is 4.79 Å². The maximum atomic E-state index is 12.7. The first-order valence-electron chi connectivity index (χ1n) is 11.2. The monoisotopic (exact) mass is 551 g/mol. The van der Waals surface area contributed by atoms with Crippen LogP contribution in [0.2, 0.25) is 5.02 Å². The summed E-state index contributed by atoms with van der Waals surface area (Å²) in [6.07, 6.45) is 0. The number of para-hydroxylation sites is 1. The predicted molar refractivity (Wildman–Crippen MR) is 150 cm³/mol. The number of aromatic nitrogens is 4. The molecule has 182 valence electrons. The average Bonchev–Trinajstić information content (AvgIpc) is 3.48. The number of thiazole rings is 1. The average molecular weight is 552 g/mol. The van der Waals surface area contributed by atoms with Crippen LogP contribution in [0, 0.1) is 6.92 Å². The fourth-order valence-corrected chi connectivity index (χ4v) is 6.49. The molecule has 10 heteroatoms. The van der Waals surface area contributed by atoms with Gasteiger partial charge in [0.05, 0.1) is 28.3 Å². The number of rotatable bonds is 9. The van der Waals surface area contributed by atoms with Crippen molar-refractivity contribution in [2.24, 2.45) is 0 Å². The van der Waals surface area contributed by atoms with Crippen LogP contribution in [-0.4, -0.2) is 31.4 Å². The third kappa shape index (κ3) is 5.92. The Bertz CT molecular complexity index is 1470. The standard InChI is InChI=1S/C26H22ClN5OS3/c1-17-19(27)10-7-12-20(17)28-24(33)16-34-25-31-30-23(32(25)14-18-8-3-2-4-9-18)15-35-26-29-21-11-5-6-13-22(21)36-26/h2-13H,14-16H2,1H3,(H,28,33). The molecule has 2 heterocycles. The van der Waals surface area contributed by atoms with Gasteiger partial charge in [-0.05, 0) is 42.3 Å². The number of carbonyl (C=O) groups excluding carboxylic acids is 1. The zero-order valence-corrected chi connectivity index (χ0v) is 22.6. The molecule has 0 aliphatic heterocycles. The van der Waals surface area contributed by atoms with Crippen LogP contribution in [0.5, 0.6) is 0 Å². The van der Waals surface area contributed by atoms with Crippen molar-refractivity contribution in [3.05, 3.63) is 94.8 Å². The van der Waals surface area contributed by atoms with E-state index < -0.39 is 0 Å². The topological polar surface area (TPSA) is 72.7 Å². The lowest BCUT2D eigenvalue weighted by Crippen LogP contribution is -2.15. The molecule has 0 saturated heterocycles. The normalized spacial score (nSPS) is 11.2. The van der Waals surface area contributed by atoms with Gasteiger partial charge >= 0.3 is 0 Å². The van der Waals surface area contributed by atoms with Gasteiger partial charge in [0.1, 0.15) is 5.82 Å². The van der Waals surface area contributed by atoms with Gasteiger partial charge in [-0.2, -0.15) is 0 Å². The molecule has 6 nitrogen and oxygen atoms in total. The van der Waals surface area contributed by atoms with E-state index in [-0.39, 0.29) is 11.7 Å². The van der Waals surface area contributed by atoms with E-state index in [0.717, 1.165) is 26.8 Å². The van der Waals surface area contributed by atoms with Gasteiger partial charge in [0, 0.05) is 10.7 Å². The summed E-state index contributed by atoms with van der Waals surface area (Å²) in [5, 5.41) is 13.2. The van der Waals surface area contributed by atoms with E-state index in [1.54, 1.807) is 29.2 Å². The van der Waals surface area contributed by atoms with Crippen molar-refractivity contribution in [1.82, 2.24) is 19.7 Å². The first-order chi connectivity index (χ1) is 17.6. The fraction of sp³-hybridized carbons (Fsp3) is 0.154. The van der Waals surface area contributed by atoms with Gasteiger partial charge in [0.2, 0.25) is 5.91 Å². The number of nitrogens with one attached hydrogen (secondary N) is 1. The molecule has 5 aromatic rings. The molecule has 0 bridgehead atoms. The van der Waals surface area contributed by atoms with Gasteiger partial charge < -0.3 is 9.88 Å². The molecule has 36 heavy (non-hydrogen) atoms. The van der Waals surface area contributed by atoms with Crippen molar-refractivity contribution in [2.45, 2.75) is 28.7 Å². The van der Waals surface area contributed by atoms with Gasteiger partial charge in [-0.1, -0.05) is 83.7 Å². The molecule has 0 atom stereocenters. The fourth-order valence-electron chi connectivity index (χ4n) is 3.56. The molecule has 0 spiro atoms. The van der Waals surface area contributed by atoms with Crippen LogP contribution < -0.4 is 5.32 Å². The summed E-state index contributed by atoms with van der Waals surface area (Å²) in [4.78, 5) is 17.4. The van der Waals surface area contributed by atoms with E-state index in [1.807, 2.05) is 55.5 Å². The van der Waals surface area contributed by atoms with Crippen LogP contribution in [0.15, 0.2) is 82.3 Å². The number of amides is 1. The number of carbonyl (C=O) groups is 1. The second-order valence-electron chi connectivity index (χ2n) is 7.96. The molecule has 0 aliphatic carbocycles. The van der Waals surface area contributed by atoms with Crippen molar-refractivity contribution in [3.63, 3.8) is 0 Å². The van der Waals surface area contributed by atoms with Crippen molar-refractivity contribution in [2.75, 3.05) is 11.1 Å². The molecule has 3 aromatic carbocycles. The second-order valence-corrected chi connectivity index (χ2v) is 11.6. The Morgan fingerprint density at radius 1 is 1.00 bits per heavy atom. The molecule has 1 N–H and O–H groups in total. The number of thioether (sulfide) groups is 2. The highest BCUT2D eigenvalue weighted by Gasteiger charge is 2.17. The number of halogens is 1. The van der Waals surface area contributed by atoms with Crippen molar-refractivity contribution >= 4 is 68.3 Å². The maximum Gasteiger partial charge on any atom is 0.234 e. The minimum Gasteiger partial charge on any atom is -0.325 e. The van der Waals surface area contributed by atoms with E-state index in [9.17, 15) is 4.79 Å². The summed E-state index contributed by atoms with van der Waals surface area (Å²) < 4.78 is 4.25. The highest BCUT2D eigenvalue weighted by Crippen LogP contribution is 2.32. The quantitative estimate of drug-likeness (QED) is 0.200. The molecule has 5 rings (SSSR count). The highest BCUT2D eigenvalue weighted by atomic mass is 35.5. The van der Waals surface area contributed by atoms with E-state index in [2.05, 4.69) is 38.3 Å². The Kier molecular flexibility index (Phi) is 7.91. The Balaban J connectivity index is 1.31. The smallest absolute Gasteiger partial charge is 0.234 e. The molecular weight excluding hydrogens is 530 g/mol. The first-order valence-corrected chi connectivity index (χ1v) is 14.4. The van der Waals surface area contributed by atoms with Gasteiger partial charge in [-0.15, -0.1) is 21.5 Å². The Labute approximate surface area is 226 Å². The number of anilines is 1.